The molecule has 144 valence electrons. The molecule has 0 saturated heterocycles. The summed E-state index contributed by atoms with van der Waals surface area (Å²) in [6.07, 6.45) is 0.837. The summed E-state index contributed by atoms with van der Waals surface area (Å²) in [6.45, 7) is 3.08. The van der Waals surface area contributed by atoms with E-state index in [9.17, 15) is 14.7 Å². The fraction of sp³-hybridized carbons (Fsp3) is 0.238. The van der Waals surface area contributed by atoms with Crippen molar-refractivity contribution in [3.05, 3.63) is 86.1 Å². The van der Waals surface area contributed by atoms with E-state index in [2.05, 4.69) is 10.3 Å². The maximum Gasteiger partial charge on any atom is 0.335 e. The lowest BCUT2D eigenvalue weighted by molar-refractivity contribution is 0.340. The van der Waals surface area contributed by atoms with Crippen LogP contribution in [0.2, 0.25) is 0 Å². The minimum absolute atomic E-state index is 0.126. The molecule has 1 atom stereocenters. The first-order valence-corrected chi connectivity index (χ1v) is 9.22. The minimum Gasteiger partial charge on any atom is -0.494 e. The Morgan fingerprint density at radius 3 is 2.64 bits per heavy atom. The molecule has 1 aromatic heterocycles. The molecule has 0 fully saturated rings. The second-order valence-corrected chi connectivity index (χ2v) is 6.59. The van der Waals surface area contributed by atoms with Crippen LogP contribution in [0.1, 0.15) is 29.7 Å². The molecule has 28 heavy (non-hydrogen) atoms. The SMILES string of the molecule is CCOc1ccc(-n2c(O)c([C@H]3NCCc4ccccc43)c(=O)[nH]c2=O)cc1. The number of nitrogens with one attached hydrogen (secondary N) is 2. The summed E-state index contributed by atoms with van der Waals surface area (Å²) in [5, 5.41) is 14.2. The summed E-state index contributed by atoms with van der Waals surface area (Å²) < 4.78 is 6.52. The first kappa shape index (κ1) is 18.1. The number of hydrogen-bond donors (Lipinski definition) is 3. The Hall–Kier alpha value is -3.32. The Balaban J connectivity index is 1.86. The fourth-order valence-electron chi connectivity index (χ4n) is 3.66. The van der Waals surface area contributed by atoms with Crippen LogP contribution in [-0.4, -0.2) is 27.8 Å². The Labute approximate surface area is 161 Å². The van der Waals surface area contributed by atoms with Crippen molar-refractivity contribution in [2.24, 2.45) is 0 Å². The number of rotatable bonds is 4. The average Bonchev–Trinajstić information content (AvgIpc) is 2.69. The monoisotopic (exact) mass is 379 g/mol. The van der Waals surface area contributed by atoms with E-state index < -0.39 is 17.3 Å². The molecule has 0 amide bonds. The van der Waals surface area contributed by atoms with Crippen molar-refractivity contribution in [1.82, 2.24) is 14.9 Å². The highest BCUT2D eigenvalue weighted by atomic mass is 16.5. The molecule has 0 bridgehead atoms. The molecule has 3 N–H and O–H groups in total. The van der Waals surface area contributed by atoms with Gasteiger partial charge >= 0.3 is 5.69 Å². The van der Waals surface area contributed by atoms with Gasteiger partial charge in [-0.25, -0.2) is 9.36 Å². The van der Waals surface area contributed by atoms with Crippen molar-refractivity contribution < 1.29 is 9.84 Å². The van der Waals surface area contributed by atoms with Crippen molar-refractivity contribution >= 4 is 0 Å². The van der Waals surface area contributed by atoms with Crippen molar-refractivity contribution in [1.29, 1.82) is 0 Å². The van der Waals surface area contributed by atoms with Crippen LogP contribution in [0.3, 0.4) is 0 Å². The Morgan fingerprint density at radius 2 is 1.89 bits per heavy atom. The Bertz CT molecular complexity index is 1120. The topological polar surface area (TPSA) is 96.3 Å². The van der Waals surface area contributed by atoms with Crippen LogP contribution in [0, 0.1) is 0 Å². The number of ether oxygens (including phenoxy) is 1. The van der Waals surface area contributed by atoms with Crippen LogP contribution >= 0.6 is 0 Å². The number of hydrogen-bond acceptors (Lipinski definition) is 5. The van der Waals surface area contributed by atoms with Crippen molar-refractivity contribution in [2.75, 3.05) is 13.2 Å². The van der Waals surface area contributed by atoms with E-state index in [1.807, 2.05) is 31.2 Å². The zero-order chi connectivity index (χ0) is 19.7. The van der Waals surface area contributed by atoms with Crippen LogP contribution < -0.4 is 21.3 Å². The summed E-state index contributed by atoms with van der Waals surface area (Å²) >= 11 is 0. The van der Waals surface area contributed by atoms with Crippen molar-refractivity contribution in [3.63, 3.8) is 0 Å². The Kier molecular flexibility index (Phi) is 4.75. The number of aromatic nitrogens is 2. The molecule has 1 aliphatic heterocycles. The molecule has 0 saturated carbocycles. The molecule has 0 unspecified atom stereocenters. The van der Waals surface area contributed by atoms with Gasteiger partial charge in [-0.15, -0.1) is 0 Å². The third kappa shape index (κ3) is 3.10. The predicted molar refractivity (Wildman–Crippen MR) is 105 cm³/mol. The number of H-pyrrole nitrogens is 1. The standard InChI is InChI=1S/C21H21N3O4/c1-2-28-15-9-7-14(8-10-15)24-20(26)17(19(25)23-21(24)27)18-16-6-4-3-5-13(16)11-12-22-18/h3-10,18,22,26H,2,11-12H2,1H3,(H,23,25,27)/t18-/m0/s1. The van der Waals surface area contributed by atoms with E-state index in [0.29, 0.717) is 24.6 Å². The second-order valence-electron chi connectivity index (χ2n) is 6.59. The van der Waals surface area contributed by atoms with Crippen molar-refractivity contribution in [2.45, 2.75) is 19.4 Å². The molecule has 0 radical (unpaired) electrons. The summed E-state index contributed by atoms with van der Waals surface area (Å²) in [5.74, 6) is 0.290. The van der Waals surface area contributed by atoms with E-state index in [-0.39, 0.29) is 11.4 Å². The van der Waals surface area contributed by atoms with Gasteiger partial charge in [0.25, 0.3) is 5.56 Å². The number of fused-ring (bicyclic) bond motifs is 1. The average molecular weight is 379 g/mol. The van der Waals surface area contributed by atoms with Gasteiger partial charge in [0, 0.05) is 6.54 Å². The smallest absolute Gasteiger partial charge is 0.335 e. The van der Waals surface area contributed by atoms with Gasteiger partial charge in [-0.3, -0.25) is 9.78 Å². The lowest BCUT2D eigenvalue weighted by atomic mass is 9.90. The van der Waals surface area contributed by atoms with Gasteiger partial charge in [-0.1, -0.05) is 24.3 Å². The minimum atomic E-state index is -0.695. The molecule has 3 aromatic rings. The van der Waals surface area contributed by atoms with Gasteiger partial charge in [0.15, 0.2) is 0 Å². The largest absolute Gasteiger partial charge is 0.494 e. The van der Waals surface area contributed by atoms with E-state index >= 15 is 0 Å². The third-order valence-electron chi connectivity index (χ3n) is 4.92. The van der Waals surface area contributed by atoms with Gasteiger partial charge in [0.2, 0.25) is 5.88 Å². The molecular weight excluding hydrogens is 358 g/mol. The number of benzene rings is 2. The molecule has 0 aliphatic carbocycles. The molecule has 0 spiro atoms. The Morgan fingerprint density at radius 1 is 1.14 bits per heavy atom. The second kappa shape index (κ2) is 7.36. The lowest BCUT2D eigenvalue weighted by Crippen LogP contribution is -2.38. The van der Waals surface area contributed by atoms with Crippen molar-refractivity contribution in [3.8, 4) is 17.3 Å². The van der Waals surface area contributed by atoms with Gasteiger partial charge in [0.1, 0.15) is 5.75 Å². The maximum absolute atomic E-state index is 12.6. The fourth-order valence-corrected chi connectivity index (χ4v) is 3.66. The molecule has 7 heteroatoms. The van der Waals surface area contributed by atoms with Gasteiger partial charge in [0.05, 0.1) is 23.9 Å². The zero-order valence-electron chi connectivity index (χ0n) is 15.4. The quantitative estimate of drug-likeness (QED) is 0.643. The molecule has 7 nitrogen and oxygen atoms in total. The lowest BCUT2D eigenvalue weighted by Gasteiger charge is -2.27. The predicted octanol–water partition coefficient (Wildman–Crippen LogP) is 1.87. The molecule has 2 heterocycles. The highest BCUT2D eigenvalue weighted by molar-refractivity contribution is 5.46. The normalized spacial score (nSPS) is 15.8. The third-order valence-corrected chi connectivity index (χ3v) is 4.92. The molecule has 1 aliphatic rings. The molecular formula is C21H21N3O4. The summed E-state index contributed by atoms with van der Waals surface area (Å²) in [6, 6.07) is 14.0. The van der Waals surface area contributed by atoms with E-state index in [1.54, 1.807) is 24.3 Å². The summed E-state index contributed by atoms with van der Waals surface area (Å²) in [4.78, 5) is 27.4. The van der Waals surface area contributed by atoms with Crippen LogP contribution in [0.4, 0.5) is 0 Å². The van der Waals surface area contributed by atoms with Gasteiger partial charge in [-0.05, 0) is 48.7 Å². The van der Waals surface area contributed by atoms with Gasteiger partial charge < -0.3 is 15.2 Å². The molecule has 2 aromatic carbocycles. The highest BCUT2D eigenvalue weighted by Gasteiger charge is 2.28. The van der Waals surface area contributed by atoms with E-state index in [1.165, 1.54) is 0 Å². The summed E-state index contributed by atoms with van der Waals surface area (Å²) in [5.41, 5.74) is 1.31. The maximum atomic E-state index is 12.6. The van der Waals surface area contributed by atoms with E-state index in [0.717, 1.165) is 22.1 Å². The number of nitrogens with zero attached hydrogens (tertiary/aromatic N) is 1. The first-order valence-electron chi connectivity index (χ1n) is 9.22. The van der Waals surface area contributed by atoms with Gasteiger partial charge in [-0.2, -0.15) is 0 Å². The van der Waals surface area contributed by atoms with E-state index in [4.69, 9.17) is 4.74 Å². The van der Waals surface area contributed by atoms with Crippen LogP contribution in [0.25, 0.3) is 5.69 Å². The first-order chi connectivity index (χ1) is 13.6. The summed E-state index contributed by atoms with van der Waals surface area (Å²) in [7, 11) is 0. The van der Waals surface area contributed by atoms with Crippen LogP contribution in [0.5, 0.6) is 11.6 Å². The van der Waals surface area contributed by atoms with Crippen LogP contribution in [-0.2, 0) is 6.42 Å². The highest BCUT2D eigenvalue weighted by Crippen LogP contribution is 2.31. The van der Waals surface area contributed by atoms with Crippen LogP contribution in [0.15, 0.2) is 58.1 Å². The number of aromatic amines is 1. The zero-order valence-corrected chi connectivity index (χ0v) is 15.4. The number of aromatic hydroxyl groups is 1. The molecule has 4 rings (SSSR count).